The number of rotatable bonds is 5. The van der Waals surface area contributed by atoms with Crippen LogP contribution in [0.4, 0.5) is 5.69 Å². The first-order chi connectivity index (χ1) is 10.6. The Morgan fingerprint density at radius 1 is 1.05 bits per heavy atom. The van der Waals surface area contributed by atoms with Crippen LogP contribution >= 0.6 is 12.2 Å². The number of benzene rings is 2. The molecule has 2 aromatic carbocycles. The summed E-state index contributed by atoms with van der Waals surface area (Å²) < 4.78 is 0. The highest BCUT2D eigenvalue weighted by Crippen LogP contribution is 2.20. The van der Waals surface area contributed by atoms with Gasteiger partial charge in [-0.25, -0.2) is 0 Å². The van der Waals surface area contributed by atoms with Gasteiger partial charge in [0.25, 0.3) is 0 Å². The van der Waals surface area contributed by atoms with Crippen LogP contribution in [-0.4, -0.2) is 28.3 Å². The minimum Gasteiger partial charge on any atom is -0.395 e. The Balaban J connectivity index is 2.13. The molecule has 2 aromatic rings. The van der Waals surface area contributed by atoms with Crippen molar-refractivity contribution in [2.45, 2.75) is 20.4 Å². The maximum Gasteiger partial charge on any atom is 0.173 e. The summed E-state index contributed by atoms with van der Waals surface area (Å²) in [6.45, 7) is 5.38. The predicted molar refractivity (Wildman–Crippen MR) is 96.1 cm³/mol. The van der Waals surface area contributed by atoms with E-state index in [2.05, 4.69) is 43.4 Å². The van der Waals surface area contributed by atoms with Gasteiger partial charge in [-0.05, 0) is 42.8 Å². The molecule has 0 saturated heterocycles. The normalized spacial score (nSPS) is 10.3. The molecule has 0 aliphatic heterocycles. The number of nitrogens with one attached hydrogen (secondary N) is 1. The van der Waals surface area contributed by atoms with E-state index >= 15 is 0 Å². The van der Waals surface area contributed by atoms with Gasteiger partial charge in [0.1, 0.15) is 0 Å². The molecule has 0 aliphatic carbocycles. The molecule has 0 saturated carbocycles. The van der Waals surface area contributed by atoms with Crippen LogP contribution in [0.5, 0.6) is 0 Å². The summed E-state index contributed by atoms with van der Waals surface area (Å²) in [7, 11) is 0. The second-order valence-corrected chi connectivity index (χ2v) is 5.71. The molecule has 3 nitrogen and oxygen atoms in total. The highest BCUT2D eigenvalue weighted by molar-refractivity contribution is 7.80. The van der Waals surface area contributed by atoms with E-state index in [1.807, 2.05) is 29.2 Å². The summed E-state index contributed by atoms with van der Waals surface area (Å²) in [5, 5.41) is 13.3. The van der Waals surface area contributed by atoms with E-state index in [4.69, 9.17) is 12.2 Å². The molecule has 0 aromatic heterocycles. The molecule has 0 aliphatic rings. The first-order valence-corrected chi connectivity index (χ1v) is 7.79. The number of aliphatic hydroxyl groups excluding tert-OH is 1. The van der Waals surface area contributed by atoms with Crippen LogP contribution in [-0.2, 0) is 6.54 Å². The van der Waals surface area contributed by atoms with Gasteiger partial charge in [-0.2, -0.15) is 0 Å². The number of nitrogens with zero attached hydrogens (tertiary/aromatic N) is 1. The van der Waals surface area contributed by atoms with E-state index in [-0.39, 0.29) is 6.61 Å². The summed E-state index contributed by atoms with van der Waals surface area (Å²) in [6.07, 6.45) is 0. The third-order valence-corrected chi connectivity index (χ3v) is 3.95. The minimum absolute atomic E-state index is 0.0708. The van der Waals surface area contributed by atoms with E-state index in [1.54, 1.807) is 0 Å². The van der Waals surface area contributed by atoms with Gasteiger partial charge < -0.3 is 15.3 Å². The largest absolute Gasteiger partial charge is 0.395 e. The summed E-state index contributed by atoms with van der Waals surface area (Å²) in [6, 6.07) is 16.3. The first-order valence-electron chi connectivity index (χ1n) is 7.38. The summed E-state index contributed by atoms with van der Waals surface area (Å²) in [5.74, 6) is 0. The van der Waals surface area contributed by atoms with E-state index in [9.17, 15) is 5.11 Å². The lowest BCUT2D eigenvalue weighted by molar-refractivity contribution is 0.248. The number of aryl methyl sites for hydroxylation is 2. The minimum atomic E-state index is 0.0708. The van der Waals surface area contributed by atoms with Crippen molar-refractivity contribution < 1.29 is 5.11 Å². The second kappa shape index (κ2) is 7.92. The zero-order valence-electron chi connectivity index (χ0n) is 13.0. The van der Waals surface area contributed by atoms with Crippen LogP contribution in [0.15, 0.2) is 48.5 Å². The Labute approximate surface area is 137 Å². The van der Waals surface area contributed by atoms with Crippen LogP contribution in [0.25, 0.3) is 0 Å². The number of hydrogen-bond acceptors (Lipinski definition) is 2. The molecule has 4 heteroatoms. The summed E-state index contributed by atoms with van der Waals surface area (Å²) >= 11 is 5.55. The van der Waals surface area contributed by atoms with Crippen molar-refractivity contribution in [3.8, 4) is 0 Å². The van der Waals surface area contributed by atoms with Crippen molar-refractivity contribution in [1.82, 2.24) is 4.90 Å². The van der Waals surface area contributed by atoms with Crippen molar-refractivity contribution in [3.63, 3.8) is 0 Å². The van der Waals surface area contributed by atoms with Crippen molar-refractivity contribution in [2.75, 3.05) is 18.5 Å². The van der Waals surface area contributed by atoms with E-state index in [0.717, 1.165) is 16.8 Å². The Morgan fingerprint density at radius 2 is 1.68 bits per heavy atom. The first kappa shape index (κ1) is 16.5. The molecular weight excluding hydrogens is 292 g/mol. The fourth-order valence-corrected chi connectivity index (χ4v) is 2.63. The van der Waals surface area contributed by atoms with E-state index in [1.165, 1.54) is 5.56 Å². The molecule has 0 amide bonds. The van der Waals surface area contributed by atoms with E-state index in [0.29, 0.717) is 18.2 Å². The molecule has 0 unspecified atom stereocenters. The lowest BCUT2D eigenvalue weighted by Crippen LogP contribution is -2.36. The molecular formula is C18H22N2OS. The molecule has 0 fully saturated rings. The molecule has 0 heterocycles. The van der Waals surface area contributed by atoms with Crippen molar-refractivity contribution in [3.05, 3.63) is 65.2 Å². The van der Waals surface area contributed by atoms with Crippen LogP contribution in [0.3, 0.4) is 0 Å². The molecule has 0 atom stereocenters. The number of anilines is 1. The molecule has 0 spiro atoms. The third kappa shape index (κ3) is 4.29. The molecule has 22 heavy (non-hydrogen) atoms. The maximum absolute atomic E-state index is 9.31. The monoisotopic (exact) mass is 314 g/mol. The van der Waals surface area contributed by atoms with Gasteiger partial charge in [-0.15, -0.1) is 0 Å². The van der Waals surface area contributed by atoms with Gasteiger partial charge in [0.2, 0.25) is 0 Å². The van der Waals surface area contributed by atoms with Gasteiger partial charge in [0.05, 0.1) is 6.61 Å². The van der Waals surface area contributed by atoms with Crippen LogP contribution < -0.4 is 5.32 Å². The number of para-hydroxylation sites is 1. The lowest BCUT2D eigenvalue weighted by atomic mass is 10.1. The van der Waals surface area contributed by atoms with Gasteiger partial charge >= 0.3 is 0 Å². The SMILES string of the molecule is Cc1cccc(C)c1NC(=S)N(CCO)Cc1ccccc1. The summed E-state index contributed by atoms with van der Waals surface area (Å²) in [5.41, 5.74) is 4.53. The quantitative estimate of drug-likeness (QED) is 0.828. The molecule has 0 radical (unpaired) electrons. The van der Waals surface area contributed by atoms with Crippen molar-refractivity contribution in [2.24, 2.45) is 0 Å². The Kier molecular flexibility index (Phi) is 5.92. The van der Waals surface area contributed by atoms with Gasteiger partial charge in [0, 0.05) is 18.8 Å². The van der Waals surface area contributed by atoms with Gasteiger partial charge in [-0.3, -0.25) is 0 Å². The smallest absolute Gasteiger partial charge is 0.173 e. The van der Waals surface area contributed by atoms with Crippen LogP contribution in [0.2, 0.25) is 0 Å². The number of thiocarbonyl (C=S) groups is 1. The van der Waals surface area contributed by atoms with Crippen LogP contribution in [0, 0.1) is 13.8 Å². The fraction of sp³-hybridized carbons (Fsp3) is 0.278. The lowest BCUT2D eigenvalue weighted by Gasteiger charge is -2.26. The highest BCUT2D eigenvalue weighted by Gasteiger charge is 2.12. The molecule has 116 valence electrons. The predicted octanol–water partition coefficient (Wildman–Crippen LogP) is 3.49. The average molecular weight is 314 g/mol. The number of hydrogen-bond donors (Lipinski definition) is 2. The topological polar surface area (TPSA) is 35.5 Å². The standard InChI is InChI=1S/C18H22N2OS/c1-14-7-6-8-15(2)17(14)19-18(22)20(11-12-21)13-16-9-4-3-5-10-16/h3-10,21H,11-13H2,1-2H3,(H,19,22). The van der Waals surface area contributed by atoms with Gasteiger partial charge in [0.15, 0.2) is 5.11 Å². The Morgan fingerprint density at radius 3 is 2.27 bits per heavy atom. The zero-order chi connectivity index (χ0) is 15.9. The summed E-state index contributed by atoms with van der Waals surface area (Å²) in [4.78, 5) is 1.98. The second-order valence-electron chi connectivity index (χ2n) is 5.33. The molecule has 2 N–H and O–H groups in total. The number of aliphatic hydroxyl groups is 1. The van der Waals surface area contributed by atoms with Gasteiger partial charge in [-0.1, -0.05) is 48.5 Å². The average Bonchev–Trinajstić information content (AvgIpc) is 2.51. The fourth-order valence-electron chi connectivity index (χ4n) is 2.37. The Hall–Kier alpha value is -1.91. The van der Waals surface area contributed by atoms with Crippen LogP contribution in [0.1, 0.15) is 16.7 Å². The highest BCUT2D eigenvalue weighted by atomic mass is 32.1. The molecule has 0 bridgehead atoms. The Bertz CT molecular complexity index is 608. The zero-order valence-corrected chi connectivity index (χ0v) is 13.9. The van der Waals surface area contributed by atoms with E-state index < -0.39 is 0 Å². The molecule has 2 rings (SSSR count). The maximum atomic E-state index is 9.31. The third-order valence-electron chi connectivity index (χ3n) is 3.59. The van der Waals surface area contributed by atoms with Crippen molar-refractivity contribution >= 4 is 23.0 Å². The van der Waals surface area contributed by atoms with Crippen molar-refractivity contribution in [1.29, 1.82) is 0 Å².